The highest BCUT2D eigenvalue weighted by atomic mass is 16.2. The molecule has 2 N–H and O–H groups in total. The summed E-state index contributed by atoms with van der Waals surface area (Å²) in [5.41, 5.74) is 0.873. The molecule has 1 aromatic rings. The number of nitrogens with one attached hydrogen (secondary N) is 2. The van der Waals surface area contributed by atoms with E-state index in [1.54, 1.807) is 24.3 Å². The maximum Gasteiger partial charge on any atom is 0.252 e. The zero-order valence-electron chi connectivity index (χ0n) is 22.3. The van der Waals surface area contributed by atoms with Gasteiger partial charge < -0.3 is 20.4 Å². The summed E-state index contributed by atoms with van der Waals surface area (Å²) in [5.74, 6) is -0.377. The van der Waals surface area contributed by atoms with Gasteiger partial charge in [-0.2, -0.15) is 0 Å². The van der Waals surface area contributed by atoms with Gasteiger partial charge in [0.15, 0.2) is 0 Å². The highest BCUT2D eigenvalue weighted by molar-refractivity contribution is 6.07. The largest absolute Gasteiger partial charge is 0.351 e. The molecular weight excluding hydrogens is 424 g/mol. The third-order valence-electron chi connectivity index (χ3n) is 6.26. The fourth-order valence-corrected chi connectivity index (χ4v) is 3.98. The van der Waals surface area contributed by atoms with E-state index in [1.165, 1.54) is 64.2 Å². The zero-order chi connectivity index (χ0) is 25.0. The number of hydrogen-bond acceptors (Lipinski definition) is 4. The van der Waals surface area contributed by atoms with E-state index in [4.69, 9.17) is 0 Å². The van der Waals surface area contributed by atoms with Crippen molar-refractivity contribution < 1.29 is 9.59 Å². The predicted molar refractivity (Wildman–Crippen MR) is 144 cm³/mol. The Balaban J connectivity index is 2.36. The van der Waals surface area contributed by atoms with Crippen molar-refractivity contribution in [2.45, 2.75) is 78.1 Å². The molecule has 2 amide bonds. The van der Waals surface area contributed by atoms with Crippen molar-refractivity contribution in [1.82, 2.24) is 20.4 Å². The second-order valence-corrected chi connectivity index (χ2v) is 9.49. The lowest BCUT2D eigenvalue weighted by Crippen LogP contribution is -2.36. The summed E-state index contributed by atoms with van der Waals surface area (Å²) >= 11 is 0. The van der Waals surface area contributed by atoms with Crippen molar-refractivity contribution >= 4 is 11.8 Å². The molecule has 0 fully saturated rings. The summed E-state index contributed by atoms with van der Waals surface area (Å²) in [4.78, 5) is 30.0. The molecule has 6 heteroatoms. The molecule has 194 valence electrons. The van der Waals surface area contributed by atoms with Crippen molar-refractivity contribution in [3.63, 3.8) is 0 Å². The van der Waals surface area contributed by atoms with E-state index < -0.39 is 0 Å². The summed E-state index contributed by atoms with van der Waals surface area (Å²) < 4.78 is 0. The Hall–Kier alpha value is -1.92. The van der Waals surface area contributed by atoms with Crippen LogP contribution >= 0.6 is 0 Å². The lowest BCUT2D eigenvalue weighted by atomic mass is 10.1. The topological polar surface area (TPSA) is 64.7 Å². The number of amides is 2. The summed E-state index contributed by atoms with van der Waals surface area (Å²) in [7, 11) is 4.19. The van der Waals surface area contributed by atoms with Crippen LogP contribution in [-0.4, -0.2) is 75.0 Å². The van der Waals surface area contributed by atoms with Crippen molar-refractivity contribution in [3.8, 4) is 0 Å². The molecule has 0 bridgehead atoms. The maximum absolute atomic E-state index is 12.7. The molecule has 0 aliphatic rings. The van der Waals surface area contributed by atoms with E-state index in [0.29, 0.717) is 24.2 Å². The van der Waals surface area contributed by atoms with Crippen LogP contribution in [0.5, 0.6) is 0 Å². The highest BCUT2D eigenvalue weighted by Crippen LogP contribution is 2.09. The van der Waals surface area contributed by atoms with Gasteiger partial charge >= 0.3 is 0 Å². The maximum atomic E-state index is 12.7. The van der Waals surface area contributed by atoms with Gasteiger partial charge in [0.05, 0.1) is 11.1 Å². The smallest absolute Gasteiger partial charge is 0.252 e. The first kappa shape index (κ1) is 30.1. The van der Waals surface area contributed by atoms with E-state index in [2.05, 4.69) is 48.4 Å². The van der Waals surface area contributed by atoms with Crippen LogP contribution in [0.25, 0.3) is 0 Å². The van der Waals surface area contributed by atoms with Crippen molar-refractivity contribution in [1.29, 1.82) is 0 Å². The van der Waals surface area contributed by atoms with Gasteiger partial charge in [-0.1, -0.05) is 77.3 Å². The molecule has 0 spiro atoms. The monoisotopic (exact) mass is 474 g/mol. The van der Waals surface area contributed by atoms with Gasteiger partial charge in [-0.3, -0.25) is 9.59 Å². The van der Waals surface area contributed by atoms with Gasteiger partial charge in [0, 0.05) is 26.2 Å². The van der Waals surface area contributed by atoms with Gasteiger partial charge in [-0.25, -0.2) is 0 Å². The number of carbonyl (C=O) groups excluding carboxylic acids is 2. The normalized spacial score (nSPS) is 11.2. The van der Waals surface area contributed by atoms with Crippen LogP contribution in [0, 0.1) is 0 Å². The summed E-state index contributed by atoms with van der Waals surface area (Å²) in [6.45, 7) is 9.31. The quantitative estimate of drug-likeness (QED) is 0.263. The van der Waals surface area contributed by atoms with Gasteiger partial charge in [-0.15, -0.1) is 0 Å². The molecular formula is C28H50N4O2. The molecule has 0 aromatic heterocycles. The van der Waals surface area contributed by atoms with Crippen molar-refractivity contribution in [2.75, 3.05) is 53.4 Å². The van der Waals surface area contributed by atoms with Crippen LogP contribution in [0.2, 0.25) is 0 Å². The standard InChI is InChI=1S/C28H50N4O2/c1-5-7-9-11-15-21-31(3)23-19-29-27(33)25-17-13-14-18-26(25)28(34)30-20-24-32(4)22-16-12-10-8-6-2/h13-14,17-18H,5-12,15-16,19-24H2,1-4H3,(H,29,33)(H,30,34). The zero-order valence-corrected chi connectivity index (χ0v) is 22.3. The van der Waals surface area contributed by atoms with Gasteiger partial charge in [0.1, 0.15) is 0 Å². The van der Waals surface area contributed by atoms with Gasteiger partial charge in [0.25, 0.3) is 11.8 Å². The number of likely N-dealkylation sites (N-methyl/N-ethyl adjacent to an activating group) is 2. The average molecular weight is 475 g/mol. The molecule has 1 rings (SSSR count). The minimum atomic E-state index is -0.189. The molecule has 0 saturated heterocycles. The van der Waals surface area contributed by atoms with Crippen LogP contribution in [0.4, 0.5) is 0 Å². The fraction of sp³-hybridized carbons (Fsp3) is 0.714. The molecule has 0 aliphatic carbocycles. The third kappa shape index (κ3) is 13.7. The van der Waals surface area contributed by atoms with E-state index >= 15 is 0 Å². The summed E-state index contributed by atoms with van der Waals surface area (Å²) in [6.07, 6.45) is 12.7. The van der Waals surface area contributed by atoms with E-state index in [9.17, 15) is 9.59 Å². The lowest BCUT2D eigenvalue weighted by Gasteiger charge is -2.18. The van der Waals surface area contributed by atoms with E-state index in [1.807, 2.05) is 0 Å². The number of benzene rings is 1. The fourth-order valence-electron chi connectivity index (χ4n) is 3.98. The second kappa shape index (κ2) is 19.4. The Kier molecular flexibility index (Phi) is 17.2. The average Bonchev–Trinajstić information content (AvgIpc) is 2.83. The Morgan fingerprint density at radius 2 is 1.00 bits per heavy atom. The van der Waals surface area contributed by atoms with Crippen LogP contribution < -0.4 is 10.6 Å². The molecule has 0 radical (unpaired) electrons. The van der Waals surface area contributed by atoms with Crippen molar-refractivity contribution in [2.24, 2.45) is 0 Å². The van der Waals surface area contributed by atoms with E-state index in [-0.39, 0.29) is 11.8 Å². The first-order chi connectivity index (χ1) is 16.5. The number of nitrogens with zero attached hydrogens (tertiary/aromatic N) is 2. The van der Waals surface area contributed by atoms with Gasteiger partial charge in [-0.05, 0) is 52.2 Å². The number of carbonyl (C=O) groups is 2. The van der Waals surface area contributed by atoms with E-state index in [0.717, 1.165) is 26.2 Å². The highest BCUT2D eigenvalue weighted by Gasteiger charge is 2.16. The first-order valence-corrected chi connectivity index (χ1v) is 13.5. The minimum Gasteiger partial charge on any atom is -0.351 e. The Morgan fingerprint density at radius 1 is 0.618 bits per heavy atom. The Labute approximate surface area is 208 Å². The third-order valence-corrected chi connectivity index (χ3v) is 6.26. The Morgan fingerprint density at radius 3 is 1.38 bits per heavy atom. The molecule has 6 nitrogen and oxygen atoms in total. The number of rotatable bonds is 20. The summed E-state index contributed by atoms with van der Waals surface area (Å²) in [5, 5.41) is 5.96. The lowest BCUT2D eigenvalue weighted by molar-refractivity contribution is 0.0915. The molecule has 0 heterocycles. The Bertz CT molecular complexity index is 623. The van der Waals surface area contributed by atoms with Crippen molar-refractivity contribution in [3.05, 3.63) is 35.4 Å². The SMILES string of the molecule is CCCCCCCN(C)CCNC(=O)c1ccccc1C(=O)NCCN(C)CCCCCCC. The summed E-state index contributed by atoms with van der Waals surface area (Å²) in [6, 6.07) is 7.06. The molecule has 1 aromatic carbocycles. The molecule has 34 heavy (non-hydrogen) atoms. The molecule has 0 saturated carbocycles. The van der Waals surface area contributed by atoms with Gasteiger partial charge in [0.2, 0.25) is 0 Å². The minimum absolute atomic E-state index is 0.189. The number of unbranched alkanes of at least 4 members (excludes halogenated alkanes) is 8. The first-order valence-electron chi connectivity index (χ1n) is 13.5. The predicted octanol–water partition coefficient (Wildman–Crippen LogP) is 4.95. The number of hydrogen-bond donors (Lipinski definition) is 2. The second-order valence-electron chi connectivity index (χ2n) is 9.49. The van der Waals surface area contributed by atoms with Crippen LogP contribution in [0.3, 0.4) is 0 Å². The molecule has 0 unspecified atom stereocenters. The molecule has 0 atom stereocenters. The van der Waals surface area contributed by atoms with Crippen LogP contribution in [0.1, 0.15) is 98.8 Å². The molecule has 0 aliphatic heterocycles. The van der Waals surface area contributed by atoms with Crippen LogP contribution in [0.15, 0.2) is 24.3 Å². The van der Waals surface area contributed by atoms with Crippen LogP contribution in [-0.2, 0) is 0 Å².